The molecule has 192 valence electrons. The number of ether oxygens (including phenoxy) is 2. The molecule has 0 spiro atoms. The van der Waals surface area contributed by atoms with Crippen LogP contribution in [0.5, 0.6) is 5.75 Å². The number of benzene rings is 2. The number of rotatable bonds is 8. The first kappa shape index (κ1) is 25.1. The SMILES string of the molecule is CCc1cccc2sc(N(CC3CCCO3)C(=O)C3CCCN3S(=O)(=O)c3ccc(OC)cc3)nc12. The lowest BCUT2D eigenvalue weighted by Crippen LogP contribution is -2.49. The van der Waals surface area contributed by atoms with E-state index in [0.29, 0.717) is 43.4 Å². The lowest BCUT2D eigenvalue weighted by atomic mass is 10.1. The number of thiazole rings is 1. The molecule has 10 heteroatoms. The molecule has 2 aliphatic rings. The molecule has 2 atom stereocenters. The Morgan fingerprint density at radius 1 is 1.19 bits per heavy atom. The zero-order valence-corrected chi connectivity index (χ0v) is 22.2. The molecule has 3 heterocycles. The third-order valence-electron chi connectivity index (χ3n) is 6.93. The lowest BCUT2D eigenvalue weighted by molar-refractivity contribution is -0.122. The number of fused-ring (bicyclic) bond motifs is 1. The van der Waals surface area contributed by atoms with Crippen LogP contribution in [0.15, 0.2) is 47.4 Å². The molecule has 2 fully saturated rings. The third kappa shape index (κ3) is 4.74. The van der Waals surface area contributed by atoms with Gasteiger partial charge in [-0.15, -0.1) is 0 Å². The Balaban J connectivity index is 1.48. The molecule has 0 saturated carbocycles. The zero-order valence-electron chi connectivity index (χ0n) is 20.6. The Bertz CT molecular complexity index is 1330. The maximum absolute atomic E-state index is 14.1. The van der Waals surface area contributed by atoms with Crippen LogP contribution in [0, 0.1) is 0 Å². The van der Waals surface area contributed by atoms with E-state index in [1.807, 2.05) is 12.1 Å². The van der Waals surface area contributed by atoms with Crippen LogP contribution in [0.4, 0.5) is 5.13 Å². The first-order valence-corrected chi connectivity index (χ1v) is 14.7. The Hall–Kier alpha value is -2.53. The molecular formula is C26H31N3O5S2. The largest absolute Gasteiger partial charge is 0.497 e. The number of hydrogen-bond acceptors (Lipinski definition) is 7. The van der Waals surface area contributed by atoms with Crippen molar-refractivity contribution >= 4 is 42.6 Å². The standard InChI is InChI=1S/C26H31N3O5S2/c1-3-18-7-4-10-23-24(18)27-26(35-23)28(17-20-8-6-16-34-20)25(30)22-9-5-15-29(22)36(31,32)21-13-11-19(33-2)12-14-21/h4,7,10-14,20,22H,3,5-6,8-9,15-17H2,1-2H3. The van der Waals surface area contributed by atoms with Gasteiger partial charge in [0.1, 0.15) is 11.8 Å². The van der Waals surface area contributed by atoms with Crippen molar-refractivity contribution in [2.24, 2.45) is 0 Å². The number of para-hydroxylation sites is 1. The molecule has 0 aliphatic carbocycles. The molecule has 2 saturated heterocycles. The Labute approximate surface area is 215 Å². The van der Waals surface area contributed by atoms with E-state index in [1.165, 1.54) is 34.9 Å². The second-order valence-electron chi connectivity index (χ2n) is 9.15. The number of sulfonamides is 1. The number of anilines is 1. The average molecular weight is 530 g/mol. The number of hydrogen-bond donors (Lipinski definition) is 0. The fourth-order valence-electron chi connectivity index (χ4n) is 4.99. The van der Waals surface area contributed by atoms with Crippen molar-refractivity contribution in [3.8, 4) is 5.75 Å². The number of nitrogens with zero attached hydrogens (tertiary/aromatic N) is 3. The highest BCUT2D eigenvalue weighted by atomic mass is 32.2. The van der Waals surface area contributed by atoms with E-state index < -0.39 is 16.1 Å². The number of aromatic nitrogens is 1. The number of carbonyl (C=O) groups is 1. The highest BCUT2D eigenvalue weighted by molar-refractivity contribution is 7.89. The molecule has 3 aromatic rings. The maximum Gasteiger partial charge on any atom is 0.247 e. The molecule has 1 amide bonds. The van der Waals surface area contributed by atoms with Gasteiger partial charge in [0.2, 0.25) is 15.9 Å². The number of carbonyl (C=O) groups excluding carboxylic acids is 1. The smallest absolute Gasteiger partial charge is 0.247 e. The lowest BCUT2D eigenvalue weighted by Gasteiger charge is -2.29. The van der Waals surface area contributed by atoms with Crippen LogP contribution >= 0.6 is 11.3 Å². The molecule has 0 N–H and O–H groups in total. The van der Waals surface area contributed by atoms with E-state index in [9.17, 15) is 13.2 Å². The summed E-state index contributed by atoms with van der Waals surface area (Å²) in [5, 5.41) is 0.597. The van der Waals surface area contributed by atoms with Crippen molar-refractivity contribution in [2.75, 3.05) is 31.7 Å². The highest BCUT2D eigenvalue weighted by Crippen LogP contribution is 2.35. The molecule has 2 aromatic carbocycles. The Kier molecular flexibility index (Phi) is 7.30. The van der Waals surface area contributed by atoms with Crippen LogP contribution in [0.1, 0.15) is 38.2 Å². The average Bonchev–Trinajstić information content (AvgIpc) is 3.67. The summed E-state index contributed by atoms with van der Waals surface area (Å²) in [7, 11) is -2.32. The molecule has 0 radical (unpaired) electrons. The normalized spacial score (nSPS) is 20.7. The Morgan fingerprint density at radius 3 is 2.69 bits per heavy atom. The van der Waals surface area contributed by atoms with Gasteiger partial charge in [0.15, 0.2) is 5.13 Å². The second kappa shape index (κ2) is 10.5. The predicted octanol–water partition coefficient (Wildman–Crippen LogP) is 4.23. The van der Waals surface area contributed by atoms with Crippen LogP contribution in [-0.4, -0.2) is 62.6 Å². The molecule has 5 rings (SSSR count). The molecule has 0 bridgehead atoms. The van der Waals surface area contributed by atoms with Crippen molar-refractivity contribution in [1.29, 1.82) is 0 Å². The first-order chi connectivity index (χ1) is 17.4. The van der Waals surface area contributed by atoms with Gasteiger partial charge in [-0.1, -0.05) is 30.4 Å². The highest BCUT2D eigenvalue weighted by Gasteiger charge is 2.42. The third-order valence-corrected chi connectivity index (χ3v) is 9.90. The predicted molar refractivity (Wildman–Crippen MR) is 140 cm³/mol. The molecule has 8 nitrogen and oxygen atoms in total. The van der Waals surface area contributed by atoms with Crippen LogP contribution in [0.2, 0.25) is 0 Å². The van der Waals surface area contributed by atoms with E-state index in [-0.39, 0.29) is 16.9 Å². The van der Waals surface area contributed by atoms with E-state index in [4.69, 9.17) is 14.5 Å². The summed E-state index contributed by atoms with van der Waals surface area (Å²) in [5.41, 5.74) is 2.03. The summed E-state index contributed by atoms with van der Waals surface area (Å²) in [5.74, 6) is 0.338. The second-order valence-corrected chi connectivity index (χ2v) is 12.0. The molecular weight excluding hydrogens is 498 g/mol. The monoisotopic (exact) mass is 529 g/mol. The van der Waals surface area contributed by atoms with E-state index in [2.05, 4.69) is 13.0 Å². The van der Waals surface area contributed by atoms with Gasteiger partial charge in [0.05, 0.1) is 34.9 Å². The van der Waals surface area contributed by atoms with Gasteiger partial charge in [-0.2, -0.15) is 4.31 Å². The van der Waals surface area contributed by atoms with Crippen molar-refractivity contribution in [1.82, 2.24) is 9.29 Å². The summed E-state index contributed by atoms with van der Waals surface area (Å²) in [4.78, 5) is 20.8. The summed E-state index contributed by atoms with van der Waals surface area (Å²) in [6.45, 7) is 3.43. The summed E-state index contributed by atoms with van der Waals surface area (Å²) in [6, 6.07) is 11.6. The van der Waals surface area contributed by atoms with Crippen LogP contribution in [0.3, 0.4) is 0 Å². The van der Waals surface area contributed by atoms with Gasteiger partial charge in [-0.25, -0.2) is 13.4 Å². The van der Waals surface area contributed by atoms with E-state index >= 15 is 0 Å². The topological polar surface area (TPSA) is 89.0 Å². The van der Waals surface area contributed by atoms with Gasteiger partial charge in [-0.3, -0.25) is 9.69 Å². The van der Waals surface area contributed by atoms with Crippen molar-refractivity contribution < 1.29 is 22.7 Å². The molecule has 2 aliphatic heterocycles. The first-order valence-electron chi connectivity index (χ1n) is 12.4. The van der Waals surface area contributed by atoms with Gasteiger partial charge >= 0.3 is 0 Å². The van der Waals surface area contributed by atoms with Crippen molar-refractivity contribution in [3.05, 3.63) is 48.0 Å². The van der Waals surface area contributed by atoms with E-state index in [1.54, 1.807) is 17.0 Å². The van der Waals surface area contributed by atoms with E-state index in [0.717, 1.165) is 35.0 Å². The molecule has 2 unspecified atom stereocenters. The minimum Gasteiger partial charge on any atom is -0.497 e. The van der Waals surface area contributed by atoms with Gasteiger partial charge in [0, 0.05) is 13.2 Å². The Morgan fingerprint density at radius 2 is 2.00 bits per heavy atom. The van der Waals surface area contributed by atoms with Gasteiger partial charge in [-0.05, 0) is 68.0 Å². The zero-order chi connectivity index (χ0) is 25.3. The molecule has 1 aromatic heterocycles. The molecule has 36 heavy (non-hydrogen) atoms. The number of aryl methyl sites for hydroxylation is 1. The fraction of sp³-hybridized carbons (Fsp3) is 0.462. The van der Waals surface area contributed by atoms with Crippen LogP contribution < -0.4 is 9.64 Å². The van der Waals surface area contributed by atoms with Crippen LogP contribution in [0.25, 0.3) is 10.2 Å². The summed E-state index contributed by atoms with van der Waals surface area (Å²) < 4.78 is 40.5. The number of methoxy groups -OCH3 is 1. The minimum absolute atomic E-state index is 0.0837. The summed E-state index contributed by atoms with van der Waals surface area (Å²) >= 11 is 1.47. The number of amides is 1. The maximum atomic E-state index is 14.1. The van der Waals surface area contributed by atoms with Crippen molar-refractivity contribution in [3.63, 3.8) is 0 Å². The quantitative estimate of drug-likeness (QED) is 0.434. The van der Waals surface area contributed by atoms with Crippen LogP contribution in [-0.2, 0) is 26.0 Å². The van der Waals surface area contributed by atoms with Crippen molar-refractivity contribution in [2.45, 2.75) is 56.1 Å². The fourth-order valence-corrected chi connectivity index (χ4v) is 7.67. The van der Waals surface area contributed by atoms with Gasteiger partial charge < -0.3 is 9.47 Å². The van der Waals surface area contributed by atoms with Gasteiger partial charge in [0.25, 0.3) is 0 Å². The summed E-state index contributed by atoms with van der Waals surface area (Å²) in [6.07, 6.45) is 3.68. The minimum atomic E-state index is -3.85.